The number of nitrogens with one attached hydrogen (secondary N) is 2. The highest BCUT2D eigenvalue weighted by atomic mass is 32.1. The number of rotatable bonds is 7. The van der Waals surface area contributed by atoms with E-state index in [2.05, 4.69) is 10.6 Å². The Morgan fingerprint density at radius 1 is 1.06 bits per heavy atom. The monoisotopic (exact) mass is 443 g/mol. The van der Waals surface area contributed by atoms with Crippen LogP contribution in [0.2, 0.25) is 0 Å². The minimum absolute atomic E-state index is 0.0109. The molecule has 1 saturated carbocycles. The summed E-state index contributed by atoms with van der Waals surface area (Å²) >= 11 is 1.32. The molecule has 3 amide bonds. The molecule has 2 N–H and O–H groups in total. The van der Waals surface area contributed by atoms with Crippen molar-refractivity contribution in [3.05, 3.63) is 45.8 Å². The van der Waals surface area contributed by atoms with Crippen molar-refractivity contribution in [2.75, 3.05) is 31.3 Å². The van der Waals surface area contributed by atoms with Crippen LogP contribution in [0.25, 0.3) is 0 Å². The van der Waals surface area contributed by atoms with Gasteiger partial charge in [0, 0.05) is 36.1 Å². The number of hydrogen-bond acceptors (Lipinski definition) is 6. The lowest BCUT2D eigenvalue weighted by Gasteiger charge is -2.11. The van der Waals surface area contributed by atoms with Gasteiger partial charge in [0.15, 0.2) is 6.61 Å². The van der Waals surface area contributed by atoms with Crippen molar-refractivity contribution in [3.63, 3.8) is 0 Å². The molecule has 0 unspecified atom stereocenters. The maximum absolute atomic E-state index is 12.6. The molecule has 0 spiro atoms. The highest BCUT2D eigenvalue weighted by Crippen LogP contribution is 2.36. The molecule has 2 aromatic rings. The van der Waals surface area contributed by atoms with E-state index >= 15 is 0 Å². The van der Waals surface area contributed by atoms with Gasteiger partial charge in [-0.15, -0.1) is 11.3 Å². The fraction of sp³-hybridized carbons (Fsp3) is 0.364. The average molecular weight is 444 g/mol. The van der Waals surface area contributed by atoms with Crippen LogP contribution < -0.4 is 10.6 Å². The first-order chi connectivity index (χ1) is 14.7. The molecule has 1 aromatic heterocycles. The molecule has 1 aromatic carbocycles. The quantitative estimate of drug-likeness (QED) is 0.640. The topological polar surface area (TPSA) is 105 Å². The van der Waals surface area contributed by atoms with Crippen molar-refractivity contribution in [3.8, 4) is 0 Å². The lowest BCUT2D eigenvalue weighted by Crippen LogP contribution is -2.23. The van der Waals surface area contributed by atoms with Crippen LogP contribution in [0.3, 0.4) is 0 Å². The largest absolute Gasteiger partial charge is 0.452 e. The first-order valence-corrected chi connectivity index (χ1v) is 10.7. The number of nitrogens with zero attached hydrogens (tertiary/aromatic N) is 1. The van der Waals surface area contributed by atoms with Crippen molar-refractivity contribution >= 4 is 45.7 Å². The molecule has 9 heteroatoms. The summed E-state index contributed by atoms with van der Waals surface area (Å²) in [6.45, 7) is 3.17. The van der Waals surface area contributed by atoms with Crippen LogP contribution in [-0.4, -0.2) is 49.3 Å². The van der Waals surface area contributed by atoms with Crippen molar-refractivity contribution in [2.24, 2.45) is 5.92 Å². The molecular weight excluding hydrogens is 418 g/mol. The highest BCUT2D eigenvalue weighted by Gasteiger charge is 2.31. The summed E-state index contributed by atoms with van der Waals surface area (Å²) in [6, 6.07) is 6.43. The summed E-state index contributed by atoms with van der Waals surface area (Å²) in [5, 5.41) is 5.89. The first-order valence-electron chi connectivity index (χ1n) is 9.87. The van der Waals surface area contributed by atoms with Crippen LogP contribution >= 0.6 is 11.3 Å². The number of carbonyl (C=O) groups is 4. The summed E-state index contributed by atoms with van der Waals surface area (Å²) in [5.74, 6) is -1.39. The normalized spacial score (nSPS) is 12.8. The summed E-state index contributed by atoms with van der Waals surface area (Å²) in [7, 11) is 3.32. The minimum Gasteiger partial charge on any atom is -0.452 e. The average Bonchev–Trinajstić information content (AvgIpc) is 3.53. The van der Waals surface area contributed by atoms with E-state index < -0.39 is 18.5 Å². The van der Waals surface area contributed by atoms with Gasteiger partial charge in [-0.25, -0.2) is 4.79 Å². The third-order valence-electron chi connectivity index (χ3n) is 4.93. The number of carbonyl (C=O) groups excluding carboxylic acids is 4. The number of thiophene rings is 1. The smallest absolute Gasteiger partial charge is 0.341 e. The fourth-order valence-corrected chi connectivity index (χ4v) is 3.93. The molecule has 0 atom stereocenters. The van der Waals surface area contributed by atoms with E-state index in [-0.39, 0.29) is 23.3 Å². The molecule has 0 bridgehead atoms. The second-order valence-corrected chi connectivity index (χ2v) is 8.88. The van der Waals surface area contributed by atoms with Gasteiger partial charge in [-0.2, -0.15) is 0 Å². The van der Waals surface area contributed by atoms with Gasteiger partial charge in [0.2, 0.25) is 5.91 Å². The molecule has 164 valence electrons. The molecule has 31 heavy (non-hydrogen) atoms. The second-order valence-electron chi connectivity index (χ2n) is 7.65. The van der Waals surface area contributed by atoms with E-state index in [1.807, 2.05) is 6.92 Å². The van der Waals surface area contributed by atoms with E-state index in [1.54, 1.807) is 45.3 Å². The molecule has 1 fully saturated rings. The Morgan fingerprint density at radius 2 is 1.71 bits per heavy atom. The van der Waals surface area contributed by atoms with Crippen LogP contribution in [-0.2, 0) is 14.3 Å². The van der Waals surface area contributed by atoms with Gasteiger partial charge in [-0.05, 0) is 56.5 Å². The van der Waals surface area contributed by atoms with Crippen LogP contribution in [0.15, 0.2) is 24.3 Å². The summed E-state index contributed by atoms with van der Waals surface area (Å²) in [6.07, 6.45) is 1.72. The molecule has 3 rings (SSSR count). The van der Waals surface area contributed by atoms with Crippen LogP contribution in [0.5, 0.6) is 0 Å². The second kappa shape index (κ2) is 9.30. The van der Waals surface area contributed by atoms with Gasteiger partial charge < -0.3 is 20.3 Å². The van der Waals surface area contributed by atoms with Crippen LogP contribution in [0.1, 0.15) is 44.0 Å². The van der Waals surface area contributed by atoms with Gasteiger partial charge in [0.1, 0.15) is 5.00 Å². The van der Waals surface area contributed by atoms with E-state index in [0.29, 0.717) is 16.3 Å². The summed E-state index contributed by atoms with van der Waals surface area (Å²) in [4.78, 5) is 51.2. The van der Waals surface area contributed by atoms with Crippen LogP contribution in [0, 0.1) is 19.8 Å². The Morgan fingerprint density at radius 3 is 2.29 bits per heavy atom. The maximum atomic E-state index is 12.6. The molecule has 0 radical (unpaired) electrons. The predicted molar refractivity (Wildman–Crippen MR) is 119 cm³/mol. The number of anilines is 2. The standard InChI is InChI=1S/C22H25N3O5S/c1-12-13(2)31-20(24-19(27)14-5-6-14)18(12)22(29)30-11-17(26)23-16-9-7-15(8-10-16)21(28)25(3)4/h7-10,14H,5-6,11H2,1-4H3,(H,23,26)(H,24,27). The van der Waals surface area contributed by atoms with E-state index in [1.165, 1.54) is 16.2 Å². The van der Waals surface area contributed by atoms with Crippen molar-refractivity contribution in [1.82, 2.24) is 4.90 Å². The lowest BCUT2D eigenvalue weighted by atomic mass is 10.1. The Balaban J connectivity index is 1.58. The molecule has 1 aliphatic rings. The van der Waals surface area contributed by atoms with Gasteiger partial charge in [-0.3, -0.25) is 14.4 Å². The molecule has 8 nitrogen and oxygen atoms in total. The maximum Gasteiger partial charge on any atom is 0.341 e. The zero-order chi connectivity index (χ0) is 22.7. The van der Waals surface area contributed by atoms with E-state index in [4.69, 9.17) is 4.74 Å². The van der Waals surface area contributed by atoms with Crippen LogP contribution in [0.4, 0.5) is 10.7 Å². The Labute approximate surface area is 184 Å². The van der Waals surface area contributed by atoms with Gasteiger partial charge >= 0.3 is 5.97 Å². The third kappa shape index (κ3) is 5.49. The van der Waals surface area contributed by atoms with Crippen molar-refractivity contribution in [2.45, 2.75) is 26.7 Å². The van der Waals surface area contributed by atoms with Crippen molar-refractivity contribution in [1.29, 1.82) is 0 Å². The zero-order valence-corrected chi connectivity index (χ0v) is 18.7. The molecule has 1 heterocycles. The Bertz CT molecular complexity index is 1020. The molecular formula is C22H25N3O5S. The van der Waals surface area contributed by atoms with E-state index in [9.17, 15) is 19.2 Å². The molecule has 1 aliphatic carbocycles. The number of aryl methyl sites for hydroxylation is 1. The predicted octanol–water partition coefficient (Wildman–Crippen LogP) is 3.21. The Kier molecular flexibility index (Phi) is 6.74. The fourth-order valence-electron chi connectivity index (χ4n) is 2.87. The first kappa shape index (κ1) is 22.5. The van der Waals surface area contributed by atoms with E-state index in [0.717, 1.165) is 23.3 Å². The lowest BCUT2D eigenvalue weighted by molar-refractivity contribution is -0.119. The minimum atomic E-state index is -0.657. The highest BCUT2D eigenvalue weighted by molar-refractivity contribution is 7.16. The third-order valence-corrected chi connectivity index (χ3v) is 6.05. The molecule has 0 saturated heterocycles. The summed E-state index contributed by atoms with van der Waals surface area (Å²) < 4.78 is 5.19. The number of benzene rings is 1. The van der Waals surface area contributed by atoms with Crippen molar-refractivity contribution < 1.29 is 23.9 Å². The van der Waals surface area contributed by atoms with Gasteiger partial charge in [0.25, 0.3) is 11.8 Å². The zero-order valence-electron chi connectivity index (χ0n) is 17.9. The van der Waals surface area contributed by atoms with Gasteiger partial charge in [0.05, 0.1) is 5.56 Å². The SMILES string of the molecule is Cc1sc(NC(=O)C2CC2)c(C(=O)OCC(=O)Nc2ccc(C(=O)N(C)C)cc2)c1C. The summed E-state index contributed by atoms with van der Waals surface area (Å²) in [5.41, 5.74) is 1.99. The number of ether oxygens (including phenoxy) is 1. The number of hydrogen-bond donors (Lipinski definition) is 2. The molecule has 0 aliphatic heterocycles. The number of esters is 1. The van der Waals surface area contributed by atoms with Gasteiger partial charge in [-0.1, -0.05) is 0 Å². The Hall–Kier alpha value is -3.20. The number of amides is 3.